The Morgan fingerprint density at radius 2 is 2.08 bits per heavy atom. The van der Waals surface area contributed by atoms with Crippen molar-refractivity contribution >= 4 is 5.78 Å². The van der Waals surface area contributed by atoms with Crippen molar-refractivity contribution in [2.75, 3.05) is 13.1 Å². The van der Waals surface area contributed by atoms with Crippen LogP contribution in [0.3, 0.4) is 0 Å². The van der Waals surface area contributed by atoms with Gasteiger partial charge >= 0.3 is 0 Å². The average Bonchev–Trinajstić information content (AvgIpc) is 3.30. The van der Waals surface area contributed by atoms with Crippen molar-refractivity contribution in [2.45, 2.75) is 45.1 Å². The highest BCUT2D eigenvalue weighted by atomic mass is 16.1. The second-order valence-electron chi connectivity index (χ2n) is 7.11. The molecule has 26 heavy (non-hydrogen) atoms. The maximum atomic E-state index is 12.6. The Morgan fingerprint density at radius 1 is 1.23 bits per heavy atom. The van der Waals surface area contributed by atoms with Gasteiger partial charge in [-0.15, -0.1) is 0 Å². The minimum absolute atomic E-state index is 0.0231. The molecule has 0 aliphatic carbocycles. The van der Waals surface area contributed by atoms with Gasteiger partial charge in [0.05, 0.1) is 5.69 Å². The first kappa shape index (κ1) is 17.0. The Kier molecular flexibility index (Phi) is 4.84. The molecule has 0 unspecified atom stereocenters. The predicted octanol–water partition coefficient (Wildman–Crippen LogP) is 2.37. The third-order valence-electron chi connectivity index (χ3n) is 5.49. The molecule has 136 valence electrons. The van der Waals surface area contributed by atoms with E-state index in [2.05, 4.69) is 50.3 Å². The van der Waals surface area contributed by atoms with Crippen molar-refractivity contribution in [1.29, 1.82) is 0 Å². The second kappa shape index (κ2) is 7.41. The Hall–Kier alpha value is -2.47. The summed E-state index contributed by atoms with van der Waals surface area (Å²) in [4.78, 5) is 23.7. The minimum atomic E-state index is -0.0231. The monoisotopic (exact) mass is 351 g/mol. The Bertz CT molecular complexity index is 930. The fourth-order valence-electron chi connectivity index (χ4n) is 4.03. The molecule has 0 amide bonds. The van der Waals surface area contributed by atoms with Crippen LogP contribution in [0.15, 0.2) is 41.5 Å². The maximum Gasteiger partial charge on any atom is 0.277 e. The van der Waals surface area contributed by atoms with Crippen molar-refractivity contribution in [1.82, 2.24) is 24.5 Å². The van der Waals surface area contributed by atoms with Gasteiger partial charge in [0, 0.05) is 18.2 Å². The summed E-state index contributed by atoms with van der Waals surface area (Å²) in [6.07, 6.45) is 7.04. The number of hydrogen-bond acceptors (Lipinski definition) is 4. The number of aryl methyl sites for hydroxylation is 2. The van der Waals surface area contributed by atoms with Crippen LogP contribution >= 0.6 is 0 Å². The molecule has 1 aliphatic rings. The fourth-order valence-corrected chi connectivity index (χ4v) is 4.03. The lowest BCUT2D eigenvalue weighted by Gasteiger charge is -2.24. The Morgan fingerprint density at radius 3 is 2.92 bits per heavy atom. The summed E-state index contributed by atoms with van der Waals surface area (Å²) >= 11 is 0. The summed E-state index contributed by atoms with van der Waals surface area (Å²) in [5, 5.41) is 2.85. The number of rotatable bonds is 6. The molecule has 1 N–H and O–H groups in total. The molecule has 0 radical (unpaired) electrons. The first-order valence-electron chi connectivity index (χ1n) is 9.42. The molecular formula is C20H25N5O. The fraction of sp³-hybridized carbons (Fsp3) is 0.450. The van der Waals surface area contributed by atoms with E-state index in [1.165, 1.54) is 35.7 Å². The topological polar surface area (TPSA) is 66.3 Å². The van der Waals surface area contributed by atoms with E-state index >= 15 is 0 Å². The second-order valence-corrected chi connectivity index (χ2v) is 7.11. The first-order chi connectivity index (χ1) is 12.7. The molecule has 0 bridgehead atoms. The molecule has 1 aliphatic heterocycles. The van der Waals surface area contributed by atoms with E-state index in [-0.39, 0.29) is 5.56 Å². The van der Waals surface area contributed by atoms with Crippen molar-refractivity contribution in [2.24, 2.45) is 0 Å². The molecule has 4 rings (SSSR count). The molecular weight excluding hydrogens is 326 g/mol. The molecule has 1 fully saturated rings. The van der Waals surface area contributed by atoms with Gasteiger partial charge in [-0.2, -0.15) is 4.52 Å². The van der Waals surface area contributed by atoms with Crippen LogP contribution in [0.4, 0.5) is 0 Å². The summed E-state index contributed by atoms with van der Waals surface area (Å²) in [5.41, 5.74) is 2.97. The molecule has 6 nitrogen and oxygen atoms in total. The number of likely N-dealkylation sites (tertiary alicyclic amines) is 1. The SMILES string of the molecule is Cc1nc2nc[nH]n2c(=O)c1CCN1CCC[C@@H]1CCc1ccccc1. The summed E-state index contributed by atoms with van der Waals surface area (Å²) in [5.74, 6) is 0.443. The van der Waals surface area contributed by atoms with E-state index in [0.29, 0.717) is 11.8 Å². The van der Waals surface area contributed by atoms with Gasteiger partial charge in [-0.1, -0.05) is 30.3 Å². The summed E-state index contributed by atoms with van der Waals surface area (Å²) in [7, 11) is 0. The number of H-pyrrole nitrogens is 1. The van der Waals surface area contributed by atoms with Crippen LogP contribution < -0.4 is 5.56 Å². The van der Waals surface area contributed by atoms with E-state index < -0.39 is 0 Å². The van der Waals surface area contributed by atoms with Gasteiger partial charge in [0.15, 0.2) is 0 Å². The van der Waals surface area contributed by atoms with Crippen molar-refractivity contribution in [3.05, 3.63) is 63.8 Å². The lowest BCUT2D eigenvalue weighted by atomic mass is 10.0. The maximum absolute atomic E-state index is 12.6. The van der Waals surface area contributed by atoms with Gasteiger partial charge in [-0.25, -0.2) is 9.97 Å². The van der Waals surface area contributed by atoms with Crippen LogP contribution in [0, 0.1) is 6.92 Å². The lowest BCUT2D eigenvalue weighted by molar-refractivity contribution is 0.245. The zero-order valence-electron chi connectivity index (χ0n) is 15.2. The molecule has 3 aromatic rings. The van der Waals surface area contributed by atoms with Crippen LogP contribution in [0.5, 0.6) is 0 Å². The van der Waals surface area contributed by atoms with Crippen molar-refractivity contribution < 1.29 is 0 Å². The highest BCUT2D eigenvalue weighted by Gasteiger charge is 2.24. The van der Waals surface area contributed by atoms with Crippen LogP contribution in [0.25, 0.3) is 5.78 Å². The van der Waals surface area contributed by atoms with Gasteiger partial charge in [0.2, 0.25) is 0 Å². The number of aromatic amines is 1. The zero-order valence-corrected chi connectivity index (χ0v) is 15.2. The molecule has 0 saturated carbocycles. The quantitative estimate of drug-likeness (QED) is 0.740. The lowest BCUT2D eigenvalue weighted by Crippen LogP contribution is -2.33. The molecule has 1 saturated heterocycles. The van der Waals surface area contributed by atoms with E-state index in [1.54, 1.807) is 0 Å². The van der Waals surface area contributed by atoms with Crippen LogP contribution in [0.2, 0.25) is 0 Å². The number of fused-ring (bicyclic) bond motifs is 1. The van der Waals surface area contributed by atoms with E-state index in [1.807, 2.05) is 6.92 Å². The number of nitrogens with one attached hydrogen (secondary N) is 1. The number of nitrogens with zero attached hydrogens (tertiary/aromatic N) is 4. The molecule has 1 aromatic carbocycles. The number of benzene rings is 1. The first-order valence-corrected chi connectivity index (χ1v) is 9.42. The van der Waals surface area contributed by atoms with Crippen LogP contribution in [-0.2, 0) is 12.8 Å². The molecule has 6 heteroatoms. The van der Waals surface area contributed by atoms with Gasteiger partial charge in [-0.3, -0.25) is 9.89 Å². The van der Waals surface area contributed by atoms with Gasteiger partial charge in [-0.05, 0) is 51.1 Å². The molecule has 0 spiro atoms. The van der Waals surface area contributed by atoms with Crippen molar-refractivity contribution in [3.63, 3.8) is 0 Å². The normalized spacial score (nSPS) is 18.0. The average molecular weight is 351 g/mol. The van der Waals surface area contributed by atoms with E-state index in [9.17, 15) is 4.79 Å². The number of hydrogen-bond donors (Lipinski definition) is 1. The summed E-state index contributed by atoms with van der Waals surface area (Å²) < 4.78 is 1.43. The van der Waals surface area contributed by atoms with Gasteiger partial charge < -0.3 is 4.90 Å². The minimum Gasteiger partial charge on any atom is -0.300 e. The smallest absolute Gasteiger partial charge is 0.277 e. The van der Waals surface area contributed by atoms with Crippen LogP contribution in [-0.4, -0.2) is 43.6 Å². The third-order valence-corrected chi connectivity index (χ3v) is 5.49. The van der Waals surface area contributed by atoms with Gasteiger partial charge in [0.25, 0.3) is 11.3 Å². The zero-order chi connectivity index (χ0) is 17.9. The van der Waals surface area contributed by atoms with E-state index in [4.69, 9.17) is 0 Å². The highest BCUT2D eigenvalue weighted by molar-refractivity contribution is 5.30. The Balaban J connectivity index is 1.41. The molecule has 1 atom stereocenters. The Labute approximate surface area is 152 Å². The van der Waals surface area contributed by atoms with Gasteiger partial charge in [0.1, 0.15) is 6.33 Å². The largest absolute Gasteiger partial charge is 0.300 e. The summed E-state index contributed by atoms with van der Waals surface area (Å²) in [6.45, 7) is 3.94. The predicted molar refractivity (Wildman–Crippen MR) is 101 cm³/mol. The molecule has 3 heterocycles. The standard InChI is InChI=1S/C20H25N5O/c1-15-18(19(26)25-20(23-15)21-14-22-25)11-13-24-12-5-8-17(24)10-9-16-6-3-2-4-7-16/h2-4,6-7,14,17H,5,8-13H2,1H3,(H,21,22,23)/t17-/m1/s1. The van der Waals surface area contributed by atoms with Crippen molar-refractivity contribution in [3.8, 4) is 0 Å². The summed E-state index contributed by atoms with van der Waals surface area (Å²) in [6, 6.07) is 11.3. The molecule has 2 aromatic heterocycles. The highest BCUT2D eigenvalue weighted by Crippen LogP contribution is 2.22. The number of aromatic nitrogens is 4. The van der Waals surface area contributed by atoms with E-state index in [0.717, 1.165) is 37.2 Å². The van der Waals surface area contributed by atoms with Crippen LogP contribution in [0.1, 0.15) is 36.1 Å². The third kappa shape index (κ3) is 3.42.